The van der Waals surface area contributed by atoms with E-state index in [9.17, 15) is 0 Å². The summed E-state index contributed by atoms with van der Waals surface area (Å²) in [6, 6.07) is 8.46. The van der Waals surface area contributed by atoms with Crippen LogP contribution in [0.5, 0.6) is 0 Å². The van der Waals surface area contributed by atoms with Crippen LogP contribution in [0.3, 0.4) is 0 Å². The fraction of sp³-hybridized carbons (Fsp3) is 0.364. The van der Waals surface area contributed by atoms with Crippen molar-refractivity contribution in [3.05, 3.63) is 29.8 Å². The Morgan fingerprint density at radius 3 is 2.64 bits per heavy atom. The molecule has 1 heterocycles. The van der Waals surface area contributed by atoms with Crippen LogP contribution in [-0.4, -0.2) is 30.1 Å². The zero-order chi connectivity index (χ0) is 10.1. The van der Waals surface area contributed by atoms with Crippen molar-refractivity contribution in [2.24, 2.45) is 0 Å². The van der Waals surface area contributed by atoms with E-state index in [1.807, 2.05) is 7.05 Å². The van der Waals surface area contributed by atoms with E-state index >= 15 is 0 Å². The maximum atomic E-state index is 5.34. The molecule has 14 heavy (non-hydrogen) atoms. The van der Waals surface area contributed by atoms with E-state index in [0.717, 1.165) is 18.2 Å². The minimum absolute atomic E-state index is 0.926. The molecule has 2 nitrogen and oxygen atoms in total. The molecule has 0 spiro atoms. The van der Waals surface area contributed by atoms with E-state index < -0.39 is 0 Å². The summed E-state index contributed by atoms with van der Waals surface area (Å²) in [6.45, 7) is 4.12. The first kappa shape index (κ1) is 9.46. The number of nitrogens with zero attached hydrogens (tertiary/aromatic N) is 2. The summed E-state index contributed by atoms with van der Waals surface area (Å²) in [5, 5.41) is 0.926. The van der Waals surface area contributed by atoms with Crippen LogP contribution >= 0.6 is 12.2 Å². The second-order valence-corrected chi connectivity index (χ2v) is 4.06. The van der Waals surface area contributed by atoms with Crippen molar-refractivity contribution in [3.8, 4) is 0 Å². The second-order valence-electron chi connectivity index (χ2n) is 3.69. The van der Waals surface area contributed by atoms with Gasteiger partial charge in [0.1, 0.15) is 0 Å². The summed E-state index contributed by atoms with van der Waals surface area (Å²) < 4.78 is 0. The fourth-order valence-corrected chi connectivity index (χ4v) is 1.97. The van der Waals surface area contributed by atoms with Gasteiger partial charge in [0.25, 0.3) is 0 Å². The predicted octanol–water partition coefficient (Wildman–Crippen LogP) is 2.03. The highest BCUT2D eigenvalue weighted by molar-refractivity contribution is 7.80. The van der Waals surface area contributed by atoms with Gasteiger partial charge in [0, 0.05) is 25.8 Å². The molecule has 1 aliphatic rings. The summed E-state index contributed by atoms with van der Waals surface area (Å²) >= 11 is 5.34. The highest BCUT2D eigenvalue weighted by atomic mass is 32.1. The molecule has 0 amide bonds. The van der Waals surface area contributed by atoms with Gasteiger partial charge in [0.05, 0.1) is 0 Å². The highest BCUT2D eigenvalue weighted by Gasteiger charge is 2.22. The Morgan fingerprint density at radius 2 is 2.07 bits per heavy atom. The lowest BCUT2D eigenvalue weighted by Gasteiger charge is -2.19. The van der Waals surface area contributed by atoms with Crippen molar-refractivity contribution in [2.45, 2.75) is 6.92 Å². The Morgan fingerprint density at radius 1 is 1.29 bits per heavy atom. The van der Waals surface area contributed by atoms with Crippen molar-refractivity contribution in [2.75, 3.05) is 25.0 Å². The molecule has 1 aromatic carbocycles. The van der Waals surface area contributed by atoms with Gasteiger partial charge in [-0.15, -0.1) is 0 Å². The summed E-state index contributed by atoms with van der Waals surface area (Å²) in [6.07, 6.45) is 0. The third-order valence-corrected chi connectivity index (χ3v) is 3.06. The average Bonchev–Trinajstić information content (AvgIpc) is 2.48. The predicted molar refractivity (Wildman–Crippen MR) is 63.8 cm³/mol. The highest BCUT2D eigenvalue weighted by Crippen LogP contribution is 2.20. The van der Waals surface area contributed by atoms with Crippen molar-refractivity contribution >= 4 is 23.0 Å². The maximum absolute atomic E-state index is 5.34. The molecule has 0 unspecified atom stereocenters. The van der Waals surface area contributed by atoms with Gasteiger partial charge in [-0.25, -0.2) is 0 Å². The summed E-state index contributed by atoms with van der Waals surface area (Å²) in [4.78, 5) is 4.29. The third kappa shape index (κ3) is 1.60. The van der Waals surface area contributed by atoms with Crippen LogP contribution in [-0.2, 0) is 0 Å². The van der Waals surface area contributed by atoms with Crippen LogP contribution in [0.15, 0.2) is 24.3 Å². The average molecular weight is 206 g/mol. The zero-order valence-electron chi connectivity index (χ0n) is 8.53. The fourth-order valence-electron chi connectivity index (χ4n) is 1.68. The molecule has 1 aromatic rings. The number of hydrogen-bond donors (Lipinski definition) is 0. The number of thiocarbonyl (C=S) groups is 1. The molecule has 0 N–H and O–H groups in total. The zero-order valence-corrected chi connectivity index (χ0v) is 9.34. The molecule has 74 valence electrons. The molecule has 1 fully saturated rings. The quantitative estimate of drug-likeness (QED) is 0.649. The molecule has 0 aromatic heterocycles. The molecule has 2 rings (SSSR count). The van der Waals surface area contributed by atoms with Crippen LogP contribution in [0, 0.1) is 6.92 Å². The molecular weight excluding hydrogens is 192 g/mol. The van der Waals surface area contributed by atoms with Gasteiger partial charge in [-0.3, -0.25) is 0 Å². The van der Waals surface area contributed by atoms with Crippen LogP contribution in [0.25, 0.3) is 0 Å². The smallest absolute Gasteiger partial charge is 0.175 e. The van der Waals surface area contributed by atoms with E-state index in [1.54, 1.807) is 0 Å². The molecule has 1 saturated heterocycles. The molecule has 0 bridgehead atoms. The first-order valence-corrected chi connectivity index (χ1v) is 5.18. The van der Waals surface area contributed by atoms with Gasteiger partial charge in [-0.1, -0.05) is 12.1 Å². The number of rotatable bonds is 1. The molecule has 1 aliphatic heterocycles. The van der Waals surface area contributed by atoms with Crippen LogP contribution < -0.4 is 4.90 Å². The van der Waals surface area contributed by atoms with Gasteiger partial charge in [0.15, 0.2) is 5.11 Å². The molecular formula is C11H14N2S. The number of hydrogen-bond acceptors (Lipinski definition) is 1. The van der Waals surface area contributed by atoms with E-state index in [-0.39, 0.29) is 0 Å². The van der Waals surface area contributed by atoms with Gasteiger partial charge < -0.3 is 9.80 Å². The standard InChI is InChI=1S/C11H14N2S/c1-9-4-3-5-10(8-9)13-7-6-12(2)11(13)14/h3-5,8H,6-7H2,1-2H3. The number of benzene rings is 1. The molecule has 3 heteroatoms. The monoisotopic (exact) mass is 206 g/mol. The van der Waals surface area contributed by atoms with Crippen molar-refractivity contribution in [1.82, 2.24) is 4.90 Å². The van der Waals surface area contributed by atoms with E-state index in [2.05, 4.69) is 41.0 Å². The van der Waals surface area contributed by atoms with Gasteiger partial charge in [-0.05, 0) is 36.8 Å². The molecule has 0 saturated carbocycles. The molecule has 0 atom stereocenters. The van der Waals surface area contributed by atoms with Crippen molar-refractivity contribution in [3.63, 3.8) is 0 Å². The lowest BCUT2D eigenvalue weighted by Crippen LogP contribution is -2.28. The van der Waals surface area contributed by atoms with Crippen LogP contribution in [0.1, 0.15) is 5.56 Å². The summed E-state index contributed by atoms with van der Waals surface area (Å²) in [5.41, 5.74) is 2.49. The minimum atomic E-state index is 0.926. The van der Waals surface area contributed by atoms with Crippen LogP contribution in [0.4, 0.5) is 5.69 Å². The summed E-state index contributed by atoms with van der Waals surface area (Å²) in [7, 11) is 2.04. The Bertz CT molecular complexity index is 362. The number of anilines is 1. The third-order valence-electron chi connectivity index (χ3n) is 2.53. The lowest BCUT2D eigenvalue weighted by molar-refractivity contribution is 0.571. The Labute approximate surface area is 90.1 Å². The van der Waals surface area contributed by atoms with E-state index in [1.165, 1.54) is 11.3 Å². The van der Waals surface area contributed by atoms with Gasteiger partial charge in [-0.2, -0.15) is 0 Å². The van der Waals surface area contributed by atoms with Gasteiger partial charge >= 0.3 is 0 Å². The number of aryl methyl sites for hydroxylation is 1. The first-order valence-electron chi connectivity index (χ1n) is 4.78. The minimum Gasteiger partial charge on any atom is -0.350 e. The Kier molecular flexibility index (Phi) is 2.42. The second kappa shape index (κ2) is 3.58. The lowest BCUT2D eigenvalue weighted by atomic mass is 10.2. The Balaban J connectivity index is 2.28. The van der Waals surface area contributed by atoms with E-state index in [0.29, 0.717) is 0 Å². The molecule has 0 aliphatic carbocycles. The van der Waals surface area contributed by atoms with Crippen LogP contribution in [0.2, 0.25) is 0 Å². The first-order chi connectivity index (χ1) is 6.68. The SMILES string of the molecule is Cc1cccc(N2CCN(C)C2=S)c1. The maximum Gasteiger partial charge on any atom is 0.175 e. The van der Waals surface area contributed by atoms with Gasteiger partial charge in [0.2, 0.25) is 0 Å². The number of likely N-dealkylation sites (N-methyl/N-ethyl adjacent to an activating group) is 1. The summed E-state index contributed by atoms with van der Waals surface area (Å²) in [5.74, 6) is 0. The topological polar surface area (TPSA) is 6.48 Å². The van der Waals surface area contributed by atoms with Crippen molar-refractivity contribution < 1.29 is 0 Å². The largest absolute Gasteiger partial charge is 0.350 e. The Hall–Kier alpha value is -1.09. The van der Waals surface area contributed by atoms with E-state index in [4.69, 9.17) is 12.2 Å². The molecule has 0 radical (unpaired) electrons. The normalized spacial score (nSPS) is 16.6. The van der Waals surface area contributed by atoms with Crippen molar-refractivity contribution in [1.29, 1.82) is 0 Å².